The highest BCUT2D eigenvalue weighted by molar-refractivity contribution is 7.90. The number of hydrogen-bond donors (Lipinski definition) is 1. The second-order valence-electron chi connectivity index (χ2n) is 8.67. The van der Waals surface area contributed by atoms with Crippen LogP contribution in [0.2, 0.25) is 5.02 Å². The van der Waals surface area contributed by atoms with Crippen LogP contribution in [0.25, 0.3) is 16.6 Å². The summed E-state index contributed by atoms with van der Waals surface area (Å²) >= 11 is 6.27. The lowest BCUT2D eigenvalue weighted by Gasteiger charge is -2.22. The number of halogens is 1. The van der Waals surface area contributed by atoms with Gasteiger partial charge < -0.3 is 14.8 Å². The SMILES string of the molecule is CN(C)C(=O)c1c(CNC(=O)c2ccc(S(C)(=O)=O)cc2)c(=O)c2ccc(Cl)cc2n1-c1ccccc1. The normalized spacial score (nSPS) is 11.4. The topological polar surface area (TPSA) is 106 Å². The Morgan fingerprint density at radius 3 is 2.22 bits per heavy atom. The number of hydrogen-bond acceptors (Lipinski definition) is 5. The molecule has 8 nitrogen and oxygen atoms in total. The van der Waals surface area contributed by atoms with Gasteiger partial charge in [0, 0.05) is 54.1 Å². The zero-order chi connectivity index (χ0) is 26.9. The molecule has 0 saturated heterocycles. The molecule has 0 unspecified atom stereocenters. The van der Waals surface area contributed by atoms with Crippen molar-refractivity contribution in [2.24, 2.45) is 0 Å². The molecular weight excluding hydrogens is 514 g/mol. The first-order valence-electron chi connectivity index (χ1n) is 11.2. The minimum Gasteiger partial charge on any atom is -0.348 e. The third-order valence-electron chi connectivity index (χ3n) is 5.82. The van der Waals surface area contributed by atoms with Gasteiger partial charge in [-0.15, -0.1) is 0 Å². The molecule has 0 fully saturated rings. The molecule has 0 atom stereocenters. The van der Waals surface area contributed by atoms with Gasteiger partial charge in [-0.25, -0.2) is 8.42 Å². The van der Waals surface area contributed by atoms with Crippen molar-refractivity contribution in [1.29, 1.82) is 0 Å². The van der Waals surface area contributed by atoms with Crippen molar-refractivity contribution in [1.82, 2.24) is 14.8 Å². The monoisotopic (exact) mass is 537 g/mol. The number of carbonyl (C=O) groups excluding carboxylic acids is 2. The molecular formula is C27H24ClN3O5S. The van der Waals surface area contributed by atoms with Gasteiger partial charge >= 0.3 is 0 Å². The summed E-state index contributed by atoms with van der Waals surface area (Å²) < 4.78 is 25.1. The van der Waals surface area contributed by atoms with E-state index in [-0.39, 0.29) is 28.3 Å². The average molecular weight is 538 g/mol. The van der Waals surface area contributed by atoms with Crippen LogP contribution in [-0.2, 0) is 16.4 Å². The second kappa shape index (κ2) is 10.2. The Balaban J connectivity index is 1.87. The smallest absolute Gasteiger partial charge is 0.270 e. The van der Waals surface area contributed by atoms with Gasteiger partial charge in [-0.2, -0.15) is 0 Å². The average Bonchev–Trinajstić information content (AvgIpc) is 2.87. The van der Waals surface area contributed by atoms with Crippen LogP contribution in [0.5, 0.6) is 0 Å². The quantitative estimate of drug-likeness (QED) is 0.404. The third-order valence-corrected chi connectivity index (χ3v) is 7.19. The van der Waals surface area contributed by atoms with Crippen molar-refractivity contribution in [3.05, 3.63) is 105 Å². The molecule has 1 heterocycles. The van der Waals surface area contributed by atoms with Crippen molar-refractivity contribution in [3.8, 4) is 5.69 Å². The zero-order valence-corrected chi connectivity index (χ0v) is 21.9. The van der Waals surface area contributed by atoms with Crippen LogP contribution < -0.4 is 10.7 Å². The van der Waals surface area contributed by atoms with E-state index in [2.05, 4.69) is 5.32 Å². The number of para-hydroxylation sites is 1. The number of rotatable bonds is 6. The summed E-state index contributed by atoms with van der Waals surface area (Å²) in [6, 6.07) is 19.4. The summed E-state index contributed by atoms with van der Waals surface area (Å²) in [4.78, 5) is 41.4. The predicted molar refractivity (Wildman–Crippen MR) is 143 cm³/mol. The Morgan fingerprint density at radius 1 is 0.973 bits per heavy atom. The van der Waals surface area contributed by atoms with E-state index < -0.39 is 27.1 Å². The lowest BCUT2D eigenvalue weighted by molar-refractivity contribution is 0.0816. The fraction of sp³-hybridized carbons (Fsp3) is 0.148. The Kier molecular flexibility index (Phi) is 7.20. The minimum atomic E-state index is -3.41. The molecule has 0 bridgehead atoms. The van der Waals surface area contributed by atoms with Crippen molar-refractivity contribution in [2.45, 2.75) is 11.4 Å². The second-order valence-corrected chi connectivity index (χ2v) is 11.1. The van der Waals surface area contributed by atoms with E-state index >= 15 is 0 Å². The molecule has 4 aromatic rings. The zero-order valence-electron chi connectivity index (χ0n) is 20.4. The van der Waals surface area contributed by atoms with Crippen molar-refractivity contribution >= 4 is 44.2 Å². The number of amides is 2. The van der Waals surface area contributed by atoms with E-state index in [1.807, 2.05) is 30.3 Å². The highest BCUT2D eigenvalue weighted by atomic mass is 35.5. The summed E-state index contributed by atoms with van der Waals surface area (Å²) in [5.41, 5.74) is 1.12. The van der Waals surface area contributed by atoms with Gasteiger partial charge in [0.25, 0.3) is 11.8 Å². The Bertz CT molecular complexity index is 1680. The standard InChI is InChI=1S/C27H24ClN3O5S/c1-30(2)27(34)24-22(16-29-26(33)17-9-12-20(13-10-17)37(3,35)36)25(32)21-14-11-18(28)15-23(21)31(24)19-7-5-4-6-8-19/h4-15H,16H2,1-3H3,(H,29,33). The van der Waals surface area contributed by atoms with Crippen molar-refractivity contribution < 1.29 is 18.0 Å². The van der Waals surface area contributed by atoms with Crippen LogP contribution in [0, 0.1) is 0 Å². The van der Waals surface area contributed by atoms with Crippen LogP contribution in [-0.4, -0.2) is 50.1 Å². The van der Waals surface area contributed by atoms with Gasteiger partial charge in [0.05, 0.1) is 10.4 Å². The van der Waals surface area contributed by atoms with Crippen LogP contribution in [0.3, 0.4) is 0 Å². The largest absolute Gasteiger partial charge is 0.348 e. The number of aromatic nitrogens is 1. The molecule has 3 aromatic carbocycles. The van der Waals surface area contributed by atoms with Crippen molar-refractivity contribution in [2.75, 3.05) is 20.4 Å². The summed E-state index contributed by atoms with van der Waals surface area (Å²) in [7, 11) is -0.253. The van der Waals surface area contributed by atoms with Gasteiger partial charge in [0.15, 0.2) is 15.3 Å². The van der Waals surface area contributed by atoms with Gasteiger partial charge in [-0.3, -0.25) is 14.4 Å². The predicted octanol–water partition coefficient (Wildman–Crippen LogP) is 3.68. The molecule has 1 N–H and O–H groups in total. The van der Waals surface area contributed by atoms with E-state index in [1.54, 1.807) is 36.9 Å². The molecule has 1 aromatic heterocycles. The van der Waals surface area contributed by atoms with E-state index in [0.717, 1.165) is 6.26 Å². The molecule has 4 rings (SSSR count). The minimum absolute atomic E-state index is 0.0850. The molecule has 0 radical (unpaired) electrons. The number of carbonyl (C=O) groups is 2. The fourth-order valence-electron chi connectivity index (χ4n) is 3.98. The number of sulfone groups is 1. The molecule has 0 spiro atoms. The maximum atomic E-state index is 13.6. The van der Waals surface area contributed by atoms with Gasteiger partial charge in [-0.1, -0.05) is 29.8 Å². The van der Waals surface area contributed by atoms with E-state index in [0.29, 0.717) is 21.6 Å². The highest BCUT2D eigenvalue weighted by Gasteiger charge is 2.25. The molecule has 10 heteroatoms. The number of nitrogens with zero attached hydrogens (tertiary/aromatic N) is 2. The molecule has 0 aliphatic heterocycles. The molecule has 0 saturated carbocycles. The first-order valence-corrected chi connectivity index (χ1v) is 13.5. The Hall–Kier alpha value is -3.95. The van der Waals surface area contributed by atoms with Crippen molar-refractivity contribution in [3.63, 3.8) is 0 Å². The molecule has 0 aliphatic rings. The molecule has 190 valence electrons. The third kappa shape index (κ3) is 5.28. The summed E-state index contributed by atoms with van der Waals surface area (Å²) in [5.74, 6) is -0.949. The lowest BCUT2D eigenvalue weighted by atomic mass is 10.0. The van der Waals surface area contributed by atoms with E-state index in [4.69, 9.17) is 11.6 Å². The van der Waals surface area contributed by atoms with E-state index in [9.17, 15) is 22.8 Å². The maximum Gasteiger partial charge on any atom is 0.270 e. The number of nitrogens with one attached hydrogen (secondary N) is 1. The highest BCUT2D eigenvalue weighted by Crippen LogP contribution is 2.25. The maximum absolute atomic E-state index is 13.6. The first-order chi connectivity index (χ1) is 17.5. The first kappa shape index (κ1) is 26.1. The fourth-order valence-corrected chi connectivity index (χ4v) is 4.77. The number of pyridine rings is 1. The van der Waals surface area contributed by atoms with Crippen LogP contribution in [0.1, 0.15) is 26.4 Å². The summed E-state index contributed by atoms with van der Waals surface area (Å²) in [5, 5.41) is 3.44. The van der Waals surface area contributed by atoms with Crippen LogP contribution in [0.15, 0.2) is 82.5 Å². The lowest BCUT2D eigenvalue weighted by Crippen LogP contribution is -2.34. The Labute approximate surface area is 219 Å². The van der Waals surface area contributed by atoms with E-state index in [1.165, 1.54) is 29.2 Å². The summed E-state index contributed by atoms with van der Waals surface area (Å²) in [6.07, 6.45) is 1.08. The summed E-state index contributed by atoms with van der Waals surface area (Å²) in [6.45, 7) is -0.230. The number of benzene rings is 3. The van der Waals surface area contributed by atoms with Crippen LogP contribution >= 0.6 is 11.6 Å². The van der Waals surface area contributed by atoms with Crippen LogP contribution in [0.4, 0.5) is 0 Å². The molecule has 0 aliphatic carbocycles. The Morgan fingerprint density at radius 2 is 1.62 bits per heavy atom. The number of fused-ring (bicyclic) bond motifs is 1. The van der Waals surface area contributed by atoms with Gasteiger partial charge in [0.2, 0.25) is 0 Å². The van der Waals surface area contributed by atoms with Gasteiger partial charge in [-0.05, 0) is 54.6 Å². The molecule has 2 amide bonds. The molecule has 37 heavy (non-hydrogen) atoms. The van der Waals surface area contributed by atoms with Gasteiger partial charge in [0.1, 0.15) is 5.69 Å².